The van der Waals surface area contributed by atoms with Crippen LogP contribution in [0.4, 0.5) is 0 Å². The summed E-state index contributed by atoms with van der Waals surface area (Å²) in [4.78, 5) is 30.5. The minimum absolute atomic E-state index is 0.118. The fourth-order valence-corrected chi connectivity index (χ4v) is 1.66. The molecule has 1 N–H and O–H groups in total. The molecule has 0 amide bonds. The van der Waals surface area contributed by atoms with Crippen LogP contribution < -0.4 is 11.2 Å². The third kappa shape index (κ3) is 1.39. The van der Waals surface area contributed by atoms with Crippen LogP contribution in [0.25, 0.3) is 11.2 Å². The first-order valence-electron chi connectivity index (χ1n) is 4.77. The number of fused-ring (bicyclic) bond motifs is 1. The lowest BCUT2D eigenvalue weighted by Crippen LogP contribution is -2.36. The molecule has 0 saturated heterocycles. The highest BCUT2D eigenvalue weighted by Crippen LogP contribution is 2.16. The molecule has 0 aliphatic heterocycles. The highest BCUT2D eigenvalue weighted by atomic mass is 32.1. The molecule has 0 radical (unpaired) electrons. The Morgan fingerprint density at radius 3 is 2.50 bits per heavy atom. The fourth-order valence-electron chi connectivity index (χ4n) is 1.54. The lowest BCUT2D eigenvalue weighted by Gasteiger charge is -2.00. The molecule has 6 nitrogen and oxygen atoms in total. The van der Waals surface area contributed by atoms with E-state index >= 15 is 0 Å². The number of aromatic amines is 1. The highest BCUT2D eigenvalue weighted by Gasteiger charge is 2.14. The van der Waals surface area contributed by atoms with E-state index in [2.05, 4.69) is 22.6 Å². The number of hydrogen-bond donors (Lipinski definition) is 2. The van der Waals surface area contributed by atoms with Gasteiger partial charge >= 0.3 is 5.69 Å². The van der Waals surface area contributed by atoms with Crippen molar-refractivity contribution in [1.29, 1.82) is 0 Å². The maximum atomic E-state index is 11.8. The molecule has 1 atom stereocenters. The molecule has 2 rings (SSSR count). The van der Waals surface area contributed by atoms with Crippen LogP contribution in [0, 0.1) is 0 Å². The summed E-state index contributed by atoms with van der Waals surface area (Å²) >= 11 is 4.23. The van der Waals surface area contributed by atoms with Crippen molar-refractivity contribution in [2.24, 2.45) is 14.1 Å². The molecule has 2 aromatic rings. The molecule has 0 bridgehead atoms. The summed E-state index contributed by atoms with van der Waals surface area (Å²) in [5, 5.41) is -0.118. The van der Waals surface area contributed by atoms with E-state index < -0.39 is 0 Å². The molecule has 2 aromatic heterocycles. The molecule has 0 aliphatic rings. The lowest BCUT2D eigenvalue weighted by molar-refractivity contribution is 0.708. The van der Waals surface area contributed by atoms with Gasteiger partial charge in [0.15, 0.2) is 5.65 Å². The number of nitrogens with zero attached hydrogens (tertiary/aromatic N) is 3. The smallest absolute Gasteiger partial charge is 0.332 e. The topological polar surface area (TPSA) is 72.7 Å². The maximum Gasteiger partial charge on any atom is 0.332 e. The molecule has 0 aliphatic carbocycles. The summed E-state index contributed by atoms with van der Waals surface area (Å²) in [5.41, 5.74) is -0.0577. The normalized spacial score (nSPS) is 13.2. The zero-order chi connectivity index (χ0) is 12.0. The number of H-pyrrole nitrogens is 1. The number of rotatable bonds is 1. The Bertz CT molecular complexity index is 664. The van der Waals surface area contributed by atoms with E-state index in [1.54, 1.807) is 7.05 Å². The molecule has 0 saturated carbocycles. The summed E-state index contributed by atoms with van der Waals surface area (Å²) in [6, 6.07) is 0. The van der Waals surface area contributed by atoms with Crippen LogP contribution in [0.5, 0.6) is 0 Å². The molecule has 7 heteroatoms. The third-order valence-electron chi connectivity index (χ3n) is 2.51. The van der Waals surface area contributed by atoms with Gasteiger partial charge < -0.3 is 4.98 Å². The monoisotopic (exact) mass is 240 g/mol. The highest BCUT2D eigenvalue weighted by molar-refractivity contribution is 7.80. The van der Waals surface area contributed by atoms with Gasteiger partial charge in [-0.05, 0) is 6.92 Å². The average molecular weight is 240 g/mol. The molecular weight excluding hydrogens is 228 g/mol. The van der Waals surface area contributed by atoms with E-state index in [0.29, 0.717) is 17.0 Å². The second-order valence-electron chi connectivity index (χ2n) is 3.70. The minimum atomic E-state index is -0.387. The van der Waals surface area contributed by atoms with Crippen molar-refractivity contribution in [3.63, 3.8) is 0 Å². The number of aryl methyl sites for hydroxylation is 1. The molecule has 16 heavy (non-hydrogen) atoms. The first-order valence-corrected chi connectivity index (χ1v) is 5.28. The van der Waals surface area contributed by atoms with Crippen molar-refractivity contribution in [3.05, 3.63) is 26.7 Å². The van der Waals surface area contributed by atoms with E-state index in [9.17, 15) is 9.59 Å². The molecule has 0 unspecified atom stereocenters. The van der Waals surface area contributed by atoms with E-state index in [1.807, 2.05) is 6.92 Å². The van der Waals surface area contributed by atoms with Crippen molar-refractivity contribution in [1.82, 2.24) is 19.1 Å². The quantitative estimate of drug-likeness (QED) is 0.686. The summed E-state index contributed by atoms with van der Waals surface area (Å²) in [6.45, 7) is 1.84. The predicted molar refractivity (Wildman–Crippen MR) is 64.0 cm³/mol. The van der Waals surface area contributed by atoms with Crippen molar-refractivity contribution in [3.8, 4) is 0 Å². The fraction of sp³-hybridized carbons (Fsp3) is 0.444. The number of thiol groups is 1. The predicted octanol–water partition coefficient (Wildman–Crippen LogP) is -0.0489. The van der Waals surface area contributed by atoms with Crippen molar-refractivity contribution in [2.45, 2.75) is 12.2 Å². The van der Waals surface area contributed by atoms with Crippen LogP contribution >= 0.6 is 12.6 Å². The van der Waals surface area contributed by atoms with Crippen LogP contribution in [-0.2, 0) is 14.1 Å². The van der Waals surface area contributed by atoms with Crippen molar-refractivity contribution in [2.75, 3.05) is 0 Å². The maximum absolute atomic E-state index is 11.8. The van der Waals surface area contributed by atoms with E-state index in [1.165, 1.54) is 11.6 Å². The Hall–Kier alpha value is -1.50. The molecular formula is C9H12N4O2S. The lowest BCUT2D eigenvalue weighted by atomic mass is 10.5. The van der Waals surface area contributed by atoms with Gasteiger partial charge in [-0.25, -0.2) is 9.78 Å². The van der Waals surface area contributed by atoms with Crippen LogP contribution in [0.3, 0.4) is 0 Å². The van der Waals surface area contributed by atoms with Crippen molar-refractivity contribution >= 4 is 23.8 Å². The first kappa shape index (κ1) is 11.0. The largest absolute Gasteiger partial charge is 0.335 e. The molecule has 0 aromatic carbocycles. The second kappa shape index (κ2) is 3.51. The molecule has 86 valence electrons. The summed E-state index contributed by atoms with van der Waals surface area (Å²) in [7, 11) is 3.02. The van der Waals surface area contributed by atoms with Crippen molar-refractivity contribution < 1.29 is 0 Å². The van der Waals surface area contributed by atoms with Gasteiger partial charge in [0.05, 0.1) is 5.25 Å². The number of nitrogens with one attached hydrogen (secondary N) is 1. The Balaban J connectivity index is 2.98. The summed E-state index contributed by atoms with van der Waals surface area (Å²) < 4.78 is 2.39. The van der Waals surface area contributed by atoms with Crippen LogP contribution in [0.2, 0.25) is 0 Å². The van der Waals surface area contributed by atoms with Gasteiger partial charge in [0.1, 0.15) is 11.3 Å². The standard InChI is InChI=1S/C9H12N4O2S/c1-4(16)6-10-5-7(11-6)12(2)9(15)13(3)8(5)14/h4,16H,1-3H3,(H,10,11)/t4-/m1/s1. The van der Waals surface area contributed by atoms with Gasteiger partial charge in [-0.15, -0.1) is 0 Å². The molecule has 0 spiro atoms. The van der Waals surface area contributed by atoms with Crippen LogP contribution in [-0.4, -0.2) is 19.1 Å². The van der Waals surface area contributed by atoms with Gasteiger partial charge in [0.2, 0.25) is 0 Å². The van der Waals surface area contributed by atoms with Gasteiger partial charge in [-0.1, -0.05) is 0 Å². The average Bonchev–Trinajstić information content (AvgIpc) is 2.68. The number of aromatic nitrogens is 4. The Kier molecular flexibility index (Phi) is 2.42. The second-order valence-corrected chi connectivity index (χ2v) is 4.48. The number of hydrogen-bond acceptors (Lipinski definition) is 4. The van der Waals surface area contributed by atoms with Crippen LogP contribution in [0.15, 0.2) is 9.59 Å². The van der Waals surface area contributed by atoms with Gasteiger partial charge in [0.25, 0.3) is 5.56 Å². The van der Waals surface area contributed by atoms with Crippen LogP contribution in [0.1, 0.15) is 18.0 Å². The molecule has 0 fully saturated rings. The summed E-state index contributed by atoms with van der Waals surface area (Å²) in [5.74, 6) is 0.580. The zero-order valence-electron chi connectivity index (χ0n) is 9.18. The number of imidazole rings is 1. The van der Waals surface area contributed by atoms with E-state index in [-0.39, 0.29) is 16.5 Å². The molecule has 2 heterocycles. The van der Waals surface area contributed by atoms with Gasteiger partial charge in [-0.2, -0.15) is 12.6 Å². The van der Waals surface area contributed by atoms with E-state index in [4.69, 9.17) is 0 Å². The Labute approximate surface area is 96.3 Å². The van der Waals surface area contributed by atoms with Gasteiger partial charge in [-0.3, -0.25) is 13.9 Å². The minimum Gasteiger partial charge on any atom is -0.335 e. The summed E-state index contributed by atoms with van der Waals surface area (Å²) in [6.07, 6.45) is 0. The third-order valence-corrected chi connectivity index (χ3v) is 2.75. The Morgan fingerprint density at radius 2 is 1.94 bits per heavy atom. The first-order chi connectivity index (χ1) is 7.43. The van der Waals surface area contributed by atoms with Gasteiger partial charge in [0, 0.05) is 14.1 Å². The SMILES string of the molecule is C[C@@H](S)c1nc2c([nH]1)c(=O)n(C)c(=O)n2C. The van der Waals surface area contributed by atoms with E-state index in [0.717, 1.165) is 4.57 Å². The Morgan fingerprint density at radius 1 is 1.31 bits per heavy atom. The zero-order valence-corrected chi connectivity index (χ0v) is 10.1.